The van der Waals surface area contributed by atoms with Crippen molar-refractivity contribution in [2.45, 2.75) is 6.18 Å². The van der Waals surface area contributed by atoms with Crippen LogP contribution in [0, 0.1) is 0 Å². The van der Waals surface area contributed by atoms with Crippen molar-refractivity contribution >= 4 is 17.6 Å². The van der Waals surface area contributed by atoms with Gasteiger partial charge in [0, 0.05) is 6.07 Å². The first-order valence-corrected chi connectivity index (χ1v) is 5.64. The highest BCUT2D eigenvalue weighted by Gasteiger charge is 2.42. The minimum atomic E-state index is -4.54. The number of imide groups is 1. The third-order valence-electron chi connectivity index (χ3n) is 2.72. The van der Waals surface area contributed by atoms with E-state index in [0.29, 0.717) is 15.5 Å². The number of hydrogen-bond donors (Lipinski definition) is 0. The second-order valence-corrected chi connectivity index (χ2v) is 4.18. The molecule has 0 atom stereocenters. The molecule has 1 heterocycles. The predicted octanol–water partition coefficient (Wildman–Crippen LogP) is 2.03. The number of methoxy groups -OCH3 is 1. The SMILES string of the molecule is COc1cccc(N2C(=O)CN(CC(F)(F)F)C2=O)c1. The molecule has 0 saturated carbocycles. The molecule has 0 bridgehead atoms. The fourth-order valence-corrected chi connectivity index (χ4v) is 1.89. The van der Waals surface area contributed by atoms with Gasteiger partial charge in [-0.25, -0.2) is 9.69 Å². The molecule has 1 aromatic carbocycles. The van der Waals surface area contributed by atoms with E-state index in [1.807, 2.05) is 0 Å². The zero-order valence-corrected chi connectivity index (χ0v) is 10.5. The summed E-state index contributed by atoms with van der Waals surface area (Å²) in [4.78, 5) is 24.8. The van der Waals surface area contributed by atoms with Crippen molar-refractivity contribution in [2.75, 3.05) is 25.1 Å². The van der Waals surface area contributed by atoms with Crippen LogP contribution in [0.1, 0.15) is 0 Å². The number of carbonyl (C=O) groups is 2. The molecule has 1 aromatic rings. The molecule has 108 valence electrons. The lowest BCUT2D eigenvalue weighted by molar-refractivity contribution is -0.139. The number of amides is 3. The normalized spacial score (nSPS) is 16.0. The summed E-state index contributed by atoms with van der Waals surface area (Å²) in [7, 11) is 1.41. The van der Waals surface area contributed by atoms with Crippen molar-refractivity contribution in [3.63, 3.8) is 0 Å². The molecule has 0 radical (unpaired) electrons. The molecular weight excluding hydrogens is 277 g/mol. The number of alkyl halides is 3. The Morgan fingerprint density at radius 2 is 2.00 bits per heavy atom. The zero-order valence-electron chi connectivity index (χ0n) is 10.5. The molecule has 1 aliphatic heterocycles. The summed E-state index contributed by atoms with van der Waals surface area (Å²) in [6.07, 6.45) is -4.54. The lowest BCUT2D eigenvalue weighted by Crippen LogP contribution is -2.38. The fraction of sp³-hybridized carbons (Fsp3) is 0.333. The van der Waals surface area contributed by atoms with Gasteiger partial charge in [-0.3, -0.25) is 4.79 Å². The van der Waals surface area contributed by atoms with Crippen molar-refractivity contribution in [2.24, 2.45) is 0 Å². The van der Waals surface area contributed by atoms with E-state index >= 15 is 0 Å². The summed E-state index contributed by atoms with van der Waals surface area (Å²) in [5.74, 6) is -0.301. The number of urea groups is 1. The van der Waals surface area contributed by atoms with Gasteiger partial charge >= 0.3 is 12.2 Å². The van der Waals surface area contributed by atoms with Crippen LogP contribution in [-0.2, 0) is 4.79 Å². The largest absolute Gasteiger partial charge is 0.497 e. The Bertz CT molecular complexity index is 545. The monoisotopic (exact) mass is 288 g/mol. The van der Waals surface area contributed by atoms with Crippen LogP contribution in [0.5, 0.6) is 5.75 Å². The summed E-state index contributed by atoms with van der Waals surface area (Å²) in [6.45, 7) is -2.03. The van der Waals surface area contributed by atoms with Gasteiger partial charge in [0.05, 0.1) is 12.8 Å². The lowest BCUT2D eigenvalue weighted by atomic mass is 10.3. The Morgan fingerprint density at radius 1 is 1.30 bits per heavy atom. The van der Waals surface area contributed by atoms with Crippen LogP contribution in [0.3, 0.4) is 0 Å². The number of nitrogens with zero attached hydrogens (tertiary/aromatic N) is 2. The molecule has 0 N–H and O–H groups in total. The molecule has 0 spiro atoms. The number of hydrogen-bond acceptors (Lipinski definition) is 3. The molecule has 2 rings (SSSR count). The second kappa shape index (κ2) is 5.03. The summed E-state index contributed by atoms with van der Waals surface area (Å²) in [5, 5.41) is 0. The van der Waals surface area contributed by atoms with Gasteiger partial charge in [0.2, 0.25) is 0 Å². The minimum Gasteiger partial charge on any atom is -0.497 e. The van der Waals surface area contributed by atoms with Crippen LogP contribution >= 0.6 is 0 Å². The van der Waals surface area contributed by atoms with Crippen LogP contribution in [0.15, 0.2) is 24.3 Å². The molecule has 5 nitrogen and oxygen atoms in total. The molecular formula is C12H11F3N2O3. The first-order valence-electron chi connectivity index (χ1n) is 5.64. The van der Waals surface area contributed by atoms with Gasteiger partial charge in [0.25, 0.3) is 5.91 Å². The highest BCUT2D eigenvalue weighted by atomic mass is 19.4. The molecule has 8 heteroatoms. The van der Waals surface area contributed by atoms with Crippen LogP contribution in [0.25, 0.3) is 0 Å². The van der Waals surface area contributed by atoms with Gasteiger partial charge in [0.15, 0.2) is 0 Å². The highest BCUT2D eigenvalue weighted by Crippen LogP contribution is 2.27. The Morgan fingerprint density at radius 3 is 2.60 bits per heavy atom. The van der Waals surface area contributed by atoms with Gasteiger partial charge in [-0.15, -0.1) is 0 Å². The summed E-state index contributed by atoms with van der Waals surface area (Å²) >= 11 is 0. The van der Waals surface area contributed by atoms with E-state index in [0.717, 1.165) is 0 Å². The molecule has 1 saturated heterocycles. The van der Waals surface area contributed by atoms with Crippen molar-refractivity contribution in [3.8, 4) is 5.75 Å². The van der Waals surface area contributed by atoms with E-state index < -0.39 is 31.2 Å². The maximum atomic E-state index is 12.3. The molecule has 0 unspecified atom stereocenters. The Balaban J connectivity index is 2.24. The molecule has 3 amide bonds. The first-order chi connectivity index (χ1) is 9.31. The smallest absolute Gasteiger partial charge is 0.406 e. The van der Waals surface area contributed by atoms with Crippen LogP contribution < -0.4 is 9.64 Å². The number of anilines is 1. The van der Waals surface area contributed by atoms with Crippen LogP contribution in [0.2, 0.25) is 0 Å². The van der Waals surface area contributed by atoms with E-state index in [-0.39, 0.29) is 5.69 Å². The third kappa shape index (κ3) is 2.84. The van der Waals surface area contributed by atoms with E-state index in [9.17, 15) is 22.8 Å². The van der Waals surface area contributed by atoms with Crippen LogP contribution in [-0.4, -0.2) is 43.2 Å². The van der Waals surface area contributed by atoms with Gasteiger partial charge in [-0.1, -0.05) is 6.07 Å². The zero-order chi connectivity index (χ0) is 14.9. The number of rotatable bonds is 3. The van der Waals surface area contributed by atoms with Crippen molar-refractivity contribution in [1.82, 2.24) is 4.90 Å². The lowest BCUT2D eigenvalue weighted by Gasteiger charge is -2.18. The minimum absolute atomic E-state index is 0.184. The summed E-state index contributed by atoms with van der Waals surface area (Å²) in [5.41, 5.74) is 0.184. The topological polar surface area (TPSA) is 49.9 Å². The summed E-state index contributed by atoms with van der Waals surface area (Å²) in [6, 6.07) is 5.02. The average molecular weight is 288 g/mol. The fourth-order valence-electron chi connectivity index (χ4n) is 1.89. The Hall–Kier alpha value is -2.25. The van der Waals surface area contributed by atoms with Crippen molar-refractivity contribution < 1.29 is 27.5 Å². The van der Waals surface area contributed by atoms with Crippen molar-refractivity contribution in [1.29, 1.82) is 0 Å². The number of halogens is 3. The van der Waals surface area contributed by atoms with E-state index in [1.54, 1.807) is 12.1 Å². The predicted molar refractivity (Wildman–Crippen MR) is 63.5 cm³/mol. The van der Waals surface area contributed by atoms with Gasteiger partial charge in [-0.05, 0) is 12.1 Å². The molecule has 1 aliphatic rings. The number of ether oxygens (including phenoxy) is 1. The van der Waals surface area contributed by atoms with E-state index in [2.05, 4.69) is 0 Å². The van der Waals surface area contributed by atoms with Gasteiger partial charge < -0.3 is 9.64 Å². The molecule has 20 heavy (non-hydrogen) atoms. The Kier molecular flexibility index (Phi) is 3.56. The number of benzene rings is 1. The van der Waals surface area contributed by atoms with Crippen molar-refractivity contribution in [3.05, 3.63) is 24.3 Å². The highest BCUT2D eigenvalue weighted by molar-refractivity contribution is 6.19. The van der Waals surface area contributed by atoms with E-state index in [4.69, 9.17) is 4.74 Å². The maximum Gasteiger partial charge on any atom is 0.406 e. The van der Waals surface area contributed by atoms with Crippen LogP contribution in [0.4, 0.5) is 23.7 Å². The average Bonchev–Trinajstić information content (AvgIpc) is 2.62. The molecule has 0 aliphatic carbocycles. The maximum absolute atomic E-state index is 12.3. The van der Waals surface area contributed by atoms with Gasteiger partial charge in [-0.2, -0.15) is 13.2 Å². The standard InChI is InChI=1S/C12H11F3N2O3/c1-20-9-4-2-3-8(5-9)17-10(18)6-16(11(17)19)7-12(13,14)15/h2-5H,6-7H2,1H3. The Labute approximate surface area is 112 Å². The quantitative estimate of drug-likeness (QED) is 0.800. The number of carbonyl (C=O) groups excluding carboxylic acids is 2. The third-order valence-corrected chi connectivity index (χ3v) is 2.72. The molecule has 0 aromatic heterocycles. The van der Waals surface area contributed by atoms with E-state index in [1.165, 1.54) is 19.2 Å². The second-order valence-electron chi connectivity index (χ2n) is 4.18. The first kappa shape index (κ1) is 14.2. The van der Waals surface area contributed by atoms with Gasteiger partial charge in [0.1, 0.15) is 18.8 Å². The summed E-state index contributed by atoms with van der Waals surface area (Å²) < 4.78 is 41.9. The molecule has 1 fully saturated rings.